The van der Waals surface area contributed by atoms with Crippen molar-refractivity contribution in [3.8, 4) is 5.75 Å². The SMILES string of the molecule is CCCCCOc1ccc(C(CN)N2CCN(CCC)CC2)cc1. The van der Waals surface area contributed by atoms with Crippen LogP contribution in [0.1, 0.15) is 51.1 Å². The third kappa shape index (κ3) is 5.76. The number of benzene rings is 1. The second kappa shape index (κ2) is 10.7. The van der Waals surface area contributed by atoms with E-state index in [4.69, 9.17) is 10.5 Å². The van der Waals surface area contributed by atoms with Crippen LogP contribution in [-0.4, -0.2) is 55.7 Å². The lowest BCUT2D eigenvalue weighted by Crippen LogP contribution is -2.49. The second-order valence-corrected chi connectivity index (χ2v) is 6.75. The monoisotopic (exact) mass is 333 g/mol. The largest absolute Gasteiger partial charge is 0.494 e. The molecule has 0 spiro atoms. The van der Waals surface area contributed by atoms with E-state index in [1.165, 1.54) is 31.4 Å². The van der Waals surface area contributed by atoms with Gasteiger partial charge in [0.05, 0.1) is 6.61 Å². The zero-order valence-corrected chi connectivity index (χ0v) is 15.5. The van der Waals surface area contributed by atoms with Crippen LogP contribution in [0.15, 0.2) is 24.3 Å². The van der Waals surface area contributed by atoms with Crippen LogP contribution in [0.4, 0.5) is 0 Å². The molecule has 0 aliphatic carbocycles. The number of ether oxygens (including phenoxy) is 1. The zero-order valence-electron chi connectivity index (χ0n) is 15.5. The number of unbranched alkanes of at least 4 members (excludes halogenated alkanes) is 2. The minimum absolute atomic E-state index is 0.322. The zero-order chi connectivity index (χ0) is 17.2. The molecule has 136 valence electrons. The van der Waals surface area contributed by atoms with E-state index < -0.39 is 0 Å². The maximum absolute atomic E-state index is 6.09. The molecule has 1 aromatic rings. The van der Waals surface area contributed by atoms with Crippen LogP contribution in [0.25, 0.3) is 0 Å². The van der Waals surface area contributed by atoms with Crippen molar-refractivity contribution in [3.05, 3.63) is 29.8 Å². The second-order valence-electron chi connectivity index (χ2n) is 6.75. The van der Waals surface area contributed by atoms with Gasteiger partial charge in [0.25, 0.3) is 0 Å². The summed E-state index contributed by atoms with van der Waals surface area (Å²) in [5.74, 6) is 0.971. The molecule has 0 radical (unpaired) electrons. The standard InChI is InChI=1S/C20H35N3O/c1-3-5-6-16-24-19-9-7-18(8-10-19)20(17-21)23-14-12-22(11-4-2)13-15-23/h7-10,20H,3-6,11-17,21H2,1-2H3. The van der Waals surface area contributed by atoms with Crippen molar-refractivity contribution < 1.29 is 4.74 Å². The quantitative estimate of drug-likeness (QED) is 0.667. The Morgan fingerprint density at radius 2 is 1.71 bits per heavy atom. The summed E-state index contributed by atoms with van der Waals surface area (Å²) in [5, 5.41) is 0. The Morgan fingerprint density at radius 3 is 2.29 bits per heavy atom. The van der Waals surface area contributed by atoms with Crippen LogP contribution in [-0.2, 0) is 0 Å². The van der Waals surface area contributed by atoms with E-state index in [9.17, 15) is 0 Å². The summed E-state index contributed by atoms with van der Waals surface area (Å²) in [7, 11) is 0. The molecular formula is C20H35N3O. The van der Waals surface area contributed by atoms with Gasteiger partial charge < -0.3 is 15.4 Å². The molecule has 1 aromatic carbocycles. The molecule has 0 bridgehead atoms. The number of piperazine rings is 1. The third-order valence-corrected chi connectivity index (χ3v) is 4.89. The van der Waals surface area contributed by atoms with Crippen molar-refractivity contribution in [2.45, 2.75) is 45.6 Å². The Bertz CT molecular complexity index is 441. The fourth-order valence-corrected chi connectivity index (χ4v) is 3.44. The number of nitrogens with zero attached hydrogens (tertiary/aromatic N) is 2. The van der Waals surface area contributed by atoms with E-state index in [0.717, 1.165) is 45.0 Å². The van der Waals surface area contributed by atoms with Gasteiger partial charge in [0.15, 0.2) is 0 Å². The summed E-state index contributed by atoms with van der Waals surface area (Å²) in [6, 6.07) is 8.88. The summed E-state index contributed by atoms with van der Waals surface area (Å²) in [5.41, 5.74) is 7.40. The first kappa shape index (κ1) is 19.2. The van der Waals surface area contributed by atoms with E-state index in [1.54, 1.807) is 0 Å². The molecule has 4 heteroatoms. The van der Waals surface area contributed by atoms with Gasteiger partial charge in [0.2, 0.25) is 0 Å². The van der Waals surface area contributed by atoms with Gasteiger partial charge in [-0.05, 0) is 37.1 Å². The Balaban J connectivity index is 1.86. The van der Waals surface area contributed by atoms with E-state index in [0.29, 0.717) is 12.6 Å². The lowest BCUT2D eigenvalue weighted by molar-refractivity contribution is 0.0985. The van der Waals surface area contributed by atoms with Crippen LogP contribution < -0.4 is 10.5 Å². The molecule has 1 heterocycles. The minimum atomic E-state index is 0.322. The average molecular weight is 334 g/mol. The van der Waals surface area contributed by atoms with Crippen LogP contribution in [0.3, 0.4) is 0 Å². The molecule has 1 aliphatic rings. The summed E-state index contributed by atoms with van der Waals surface area (Å²) >= 11 is 0. The van der Waals surface area contributed by atoms with Crippen molar-refractivity contribution >= 4 is 0 Å². The topological polar surface area (TPSA) is 41.7 Å². The van der Waals surface area contributed by atoms with Gasteiger partial charge in [-0.1, -0.05) is 38.8 Å². The first-order valence-electron chi connectivity index (χ1n) is 9.67. The fourth-order valence-electron chi connectivity index (χ4n) is 3.44. The molecule has 0 aromatic heterocycles. The highest BCUT2D eigenvalue weighted by Gasteiger charge is 2.23. The van der Waals surface area contributed by atoms with Crippen molar-refractivity contribution in [3.63, 3.8) is 0 Å². The maximum Gasteiger partial charge on any atom is 0.119 e. The number of hydrogen-bond acceptors (Lipinski definition) is 4. The molecule has 1 fully saturated rings. The molecule has 1 saturated heterocycles. The van der Waals surface area contributed by atoms with Crippen LogP contribution >= 0.6 is 0 Å². The summed E-state index contributed by atoms with van der Waals surface area (Å²) < 4.78 is 5.81. The van der Waals surface area contributed by atoms with Crippen molar-refractivity contribution in [2.24, 2.45) is 5.73 Å². The number of hydrogen-bond donors (Lipinski definition) is 1. The van der Waals surface area contributed by atoms with Crippen molar-refractivity contribution in [1.29, 1.82) is 0 Å². The van der Waals surface area contributed by atoms with Gasteiger partial charge in [-0.15, -0.1) is 0 Å². The Hall–Kier alpha value is -1.10. The Morgan fingerprint density at radius 1 is 1.00 bits per heavy atom. The van der Waals surface area contributed by atoms with Crippen molar-refractivity contribution in [2.75, 3.05) is 45.9 Å². The lowest BCUT2D eigenvalue weighted by atomic mass is 10.0. The normalized spacial score (nSPS) is 17.8. The lowest BCUT2D eigenvalue weighted by Gasteiger charge is -2.39. The molecule has 24 heavy (non-hydrogen) atoms. The predicted molar refractivity (Wildman–Crippen MR) is 102 cm³/mol. The van der Waals surface area contributed by atoms with Crippen LogP contribution in [0, 0.1) is 0 Å². The first-order chi connectivity index (χ1) is 11.8. The Kier molecular flexibility index (Phi) is 8.57. The highest BCUT2D eigenvalue weighted by molar-refractivity contribution is 5.29. The van der Waals surface area contributed by atoms with Gasteiger partial charge in [0, 0.05) is 38.8 Å². The first-order valence-corrected chi connectivity index (χ1v) is 9.67. The average Bonchev–Trinajstić information content (AvgIpc) is 2.62. The highest BCUT2D eigenvalue weighted by atomic mass is 16.5. The molecule has 1 aliphatic heterocycles. The molecule has 0 saturated carbocycles. The highest BCUT2D eigenvalue weighted by Crippen LogP contribution is 2.23. The summed E-state index contributed by atoms with van der Waals surface area (Å²) in [6.07, 6.45) is 4.83. The fraction of sp³-hybridized carbons (Fsp3) is 0.700. The smallest absolute Gasteiger partial charge is 0.119 e. The summed E-state index contributed by atoms with van der Waals surface area (Å²) in [6.45, 7) is 11.7. The van der Waals surface area contributed by atoms with Crippen LogP contribution in [0.2, 0.25) is 0 Å². The molecule has 1 unspecified atom stereocenters. The van der Waals surface area contributed by atoms with E-state index in [2.05, 4.69) is 47.9 Å². The van der Waals surface area contributed by atoms with Gasteiger partial charge in [-0.25, -0.2) is 0 Å². The molecule has 0 amide bonds. The van der Waals surface area contributed by atoms with Gasteiger partial charge in [-0.3, -0.25) is 4.90 Å². The molecule has 2 rings (SSSR count). The van der Waals surface area contributed by atoms with Crippen LogP contribution in [0.5, 0.6) is 5.75 Å². The molecular weight excluding hydrogens is 298 g/mol. The minimum Gasteiger partial charge on any atom is -0.494 e. The van der Waals surface area contributed by atoms with Gasteiger partial charge in [-0.2, -0.15) is 0 Å². The molecule has 1 atom stereocenters. The molecule has 4 nitrogen and oxygen atoms in total. The van der Waals surface area contributed by atoms with Gasteiger partial charge in [0.1, 0.15) is 5.75 Å². The predicted octanol–water partition coefficient (Wildman–Crippen LogP) is 3.28. The number of nitrogens with two attached hydrogens (primary N) is 1. The summed E-state index contributed by atoms with van der Waals surface area (Å²) in [4.78, 5) is 5.08. The van der Waals surface area contributed by atoms with E-state index in [1.807, 2.05) is 0 Å². The maximum atomic E-state index is 6.09. The molecule has 2 N–H and O–H groups in total. The van der Waals surface area contributed by atoms with Crippen molar-refractivity contribution in [1.82, 2.24) is 9.80 Å². The number of rotatable bonds is 10. The Labute approximate surface area is 148 Å². The van der Waals surface area contributed by atoms with Gasteiger partial charge >= 0.3 is 0 Å². The third-order valence-electron chi connectivity index (χ3n) is 4.89. The van der Waals surface area contributed by atoms with E-state index in [-0.39, 0.29) is 0 Å². The van der Waals surface area contributed by atoms with E-state index >= 15 is 0 Å².